The van der Waals surface area contributed by atoms with E-state index in [1.54, 1.807) is 0 Å². The molecule has 0 unspecified atom stereocenters. The molecular formula is C29H28Cl2N8. The summed E-state index contributed by atoms with van der Waals surface area (Å²) in [5.74, 6) is 0. The van der Waals surface area contributed by atoms with Gasteiger partial charge in [0.1, 0.15) is 6.07 Å². The maximum Gasteiger partial charge on any atom is 0.103 e. The summed E-state index contributed by atoms with van der Waals surface area (Å²) in [6.45, 7) is 8.10. The summed E-state index contributed by atoms with van der Waals surface area (Å²) in [6.07, 6.45) is 5.42. The number of pyridine rings is 2. The van der Waals surface area contributed by atoms with Crippen LogP contribution in [0.1, 0.15) is 42.3 Å². The number of hydrazine groups is 2. The maximum atomic E-state index is 9.88. The van der Waals surface area contributed by atoms with Crippen molar-refractivity contribution in [3.8, 4) is 6.07 Å². The fraction of sp³-hybridized carbons (Fsp3) is 0.207. The Kier molecular flexibility index (Phi) is 7.49. The van der Waals surface area contributed by atoms with Crippen molar-refractivity contribution in [2.45, 2.75) is 39.8 Å². The second-order valence-corrected chi connectivity index (χ2v) is 10.5. The van der Waals surface area contributed by atoms with Gasteiger partial charge in [-0.25, -0.2) is 0 Å². The highest BCUT2D eigenvalue weighted by Crippen LogP contribution is 2.37. The third kappa shape index (κ3) is 5.57. The van der Waals surface area contributed by atoms with Crippen molar-refractivity contribution in [2.75, 3.05) is 10.6 Å². The van der Waals surface area contributed by atoms with Crippen molar-refractivity contribution in [2.24, 2.45) is 0 Å². The van der Waals surface area contributed by atoms with E-state index >= 15 is 0 Å². The van der Waals surface area contributed by atoms with Crippen LogP contribution in [0.25, 0.3) is 10.9 Å². The Labute approximate surface area is 237 Å². The molecule has 39 heavy (non-hydrogen) atoms. The Hall–Kier alpha value is -4.03. The number of aromatic nitrogens is 2. The average Bonchev–Trinajstić information content (AvgIpc) is 3.41. The van der Waals surface area contributed by atoms with E-state index in [-0.39, 0.29) is 12.1 Å². The number of nitrogens with one attached hydrogen (secondary N) is 4. The van der Waals surface area contributed by atoms with Gasteiger partial charge in [0.15, 0.2) is 0 Å². The molecule has 2 aromatic carbocycles. The van der Waals surface area contributed by atoms with Crippen LogP contribution >= 0.6 is 23.2 Å². The molecule has 198 valence electrons. The van der Waals surface area contributed by atoms with Crippen molar-refractivity contribution < 1.29 is 0 Å². The molecule has 0 aliphatic carbocycles. The second kappa shape index (κ2) is 11.0. The topological polar surface area (TPSA) is 101 Å². The van der Waals surface area contributed by atoms with E-state index in [9.17, 15) is 5.26 Å². The monoisotopic (exact) mass is 558 g/mol. The number of anilines is 3. The standard InChI is InChI=1S/C29H28Cl2N8/c1-16(2)39-15-26(37-38-39)28(19-7-6-18(4)33-13-19)36-22-9-23-27(35-21-8-5-17(3)24(30)10-21)20(12-32)14-34-29(23)25(31)11-22/h5-11,13-16,28,36-38H,1-4H3,(H,34,35)/t28-/m0/s1. The Morgan fingerprint density at radius 1 is 0.974 bits per heavy atom. The summed E-state index contributed by atoms with van der Waals surface area (Å²) in [5.41, 5.74) is 13.4. The normalized spacial score (nSPS) is 13.7. The van der Waals surface area contributed by atoms with E-state index in [4.69, 9.17) is 23.2 Å². The van der Waals surface area contributed by atoms with Gasteiger partial charge in [-0.2, -0.15) is 5.26 Å². The molecule has 4 N–H and O–H groups in total. The van der Waals surface area contributed by atoms with E-state index in [2.05, 4.69) is 51.5 Å². The molecule has 0 amide bonds. The van der Waals surface area contributed by atoms with Crippen molar-refractivity contribution >= 4 is 51.2 Å². The fourth-order valence-corrected chi connectivity index (χ4v) is 4.75. The molecule has 1 aliphatic rings. The van der Waals surface area contributed by atoms with Crippen LogP contribution in [0, 0.1) is 25.2 Å². The van der Waals surface area contributed by atoms with E-state index in [1.807, 2.05) is 73.7 Å². The molecule has 0 saturated heterocycles. The molecule has 2 aromatic heterocycles. The second-order valence-electron chi connectivity index (χ2n) is 9.73. The van der Waals surface area contributed by atoms with Crippen molar-refractivity contribution in [3.05, 3.63) is 99.2 Å². The van der Waals surface area contributed by atoms with Gasteiger partial charge in [0, 0.05) is 52.1 Å². The number of aryl methyl sites for hydroxylation is 2. The zero-order valence-electron chi connectivity index (χ0n) is 22.0. The highest BCUT2D eigenvalue weighted by atomic mass is 35.5. The molecule has 1 atom stereocenters. The summed E-state index contributed by atoms with van der Waals surface area (Å²) in [5, 5.41) is 20.7. The number of rotatable bonds is 7. The lowest BCUT2D eigenvalue weighted by Gasteiger charge is -2.22. The van der Waals surface area contributed by atoms with Crippen LogP contribution in [0.15, 0.2) is 66.8 Å². The lowest BCUT2D eigenvalue weighted by Crippen LogP contribution is -2.41. The summed E-state index contributed by atoms with van der Waals surface area (Å²) in [4.78, 5) is 8.99. The zero-order chi connectivity index (χ0) is 27.7. The maximum absolute atomic E-state index is 9.88. The molecular weight excluding hydrogens is 531 g/mol. The average molecular weight is 560 g/mol. The third-order valence-electron chi connectivity index (χ3n) is 6.54. The number of hydrogen-bond donors (Lipinski definition) is 4. The molecule has 0 fully saturated rings. The number of hydrogen-bond acceptors (Lipinski definition) is 8. The van der Waals surface area contributed by atoms with Crippen LogP contribution in [0.2, 0.25) is 10.0 Å². The largest absolute Gasteiger partial charge is 0.373 e. The molecule has 5 rings (SSSR count). The molecule has 1 aliphatic heterocycles. The molecule has 3 heterocycles. The number of nitrogens with zero attached hydrogens (tertiary/aromatic N) is 4. The molecule has 10 heteroatoms. The Bertz CT molecular complexity index is 1610. The molecule has 0 radical (unpaired) electrons. The van der Waals surface area contributed by atoms with Crippen LogP contribution in [0.5, 0.6) is 0 Å². The van der Waals surface area contributed by atoms with Gasteiger partial charge in [0.2, 0.25) is 0 Å². The van der Waals surface area contributed by atoms with Crippen LogP contribution < -0.4 is 21.6 Å². The number of nitriles is 1. The van der Waals surface area contributed by atoms with Gasteiger partial charge in [-0.15, -0.1) is 5.53 Å². The van der Waals surface area contributed by atoms with E-state index in [1.165, 1.54) is 6.20 Å². The fourth-order valence-electron chi connectivity index (χ4n) is 4.30. The number of fused-ring (bicyclic) bond motifs is 1. The highest BCUT2D eigenvalue weighted by Gasteiger charge is 2.24. The predicted molar refractivity (Wildman–Crippen MR) is 158 cm³/mol. The SMILES string of the molecule is Cc1ccc([C@H](Nc2cc(Cl)c3ncc(C#N)c(Nc4ccc(C)c(Cl)c4)c3c2)C2=CN(C(C)C)NN2)cn1. The Balaban J connectivity index is 1.59. The van der Waals surface area contributed by atoms with Gasteiger partial charge in [-0.3, -0.25) is 15.0 Å². The van der Waals surface area contributed by atoms with Crippen LogP contribution in [-0.2, 0) is 0 Å². The van der Waals surface area contributed by atoms with Gasteiger partial charge < -0.3 is 16.1 Å². The number of halogens is 2. The first-order chi connectivity index (χ1) is 18.7. The van der Waals surface area contributed by atoms with Gasteiger partial charge >= 0.3 is 0 Å². The Morgan fingerprint density at radius 2 is 1.77 bits per heavy atom. The molecule has 0 spiro atoms. The van der Waals surface area contributed by atoms with E-state index in [0.29, 0.717) is 32.2 Å². The molecule has 0 saturated carbocycles. The summed E-state index contributed by atoms with van der Waals surface area (Å²) >= 11 is 13.1. The summed E-state index contributed by atoms with van der Waals surface area (Å²) < 4.78 is 0. The van der Waals surface area contributed by atoms with Crippen molar-refractivity contribution in [1.29, 1.82) is 5.26 Å². The first-order valence-electron chi connectivity index (χ1n) is 12.5. The lowest BCUT2D eigenvalue weighted by molar-refractivity contribution is 0.221. The van der Waals surface area contributed by atoms with Crippen molar-refractivity contribution in [1.82, 2.24) is 25.9 Å². The first-order valence-corrected chi connectivity index (χ1v) is 13.3. The smallest absolute Gasteiger partial charge is 0.103 e. The zero-order valence-corrected chi connectivity index (χ0v) is 23.5. The third-order valence-corrected chi connectivity index (χ3v) is 7.24. The first kappa shape index (κ1) is 26.6. The number of benzene rings is 2. The van der Waals surface area contributed by atoms with Gasteiger partial charge in [0.05, 0.1) is 33.5 Å². The van der Waals surface area contributed by atoms with Crippen LogP contribution in [0.4, 0.5) is 17.1 Å². The van der Waals surface area contributed by atoms with Crippen LogP contribution in [-0.4, -0.2) is 21.0 Å². The van der Waals surface area contributed by atoms with E-state index < -0.39 is 0 Å². The van der Waals surface area contributed by atoms with Crippen molar-refractivity contribution in [3.63, 3.8) is 0 Å². The Morgan fingerprint density at radius 3 is 2.44 bits per heavy atom. The quantitative estimate of drug-likeness (QED) is 0.194. The molecule has 8 nitrogen and oxygen atoms in total. The minimum absolute atomic E-state index is 0.251. The molecule has 0 bridgehead atoms. The van der Waals surface area contributed by atoms with Gasteiger partial charge in [-0.05, 0) is 69.2 Å². The van der Waals surface area contributed by atoms with Gasteiger partial charge in [-0.1, -0.05) is 35.3 Å². The van der Waals surface area contributed by atoms with Gasteiger partial charge in [0.25, 0.3) is 0 Å². The van der Waals surface area contributed by atoms with Crippen LogP contribution in [0.3, 0.4) is 0 Å². The minimum Gasteiger partial charge on any atom is -0.373 e. The lowest BCUT2D eigenvalue weighted by atomic mass is 10.0. The predicted octanol–water partition coefficient (Wildman–Crippen LogP) is 6.90. The van der Waals surface area contributed by atoms with E-state index in [0.717, 1.165) is 33.9 Å². The highest BCUT2D eigenvalue weighted by molar-refractivity contribution is 6.36. The minimum atomic E-state index is -0.262. The summed E-state index contributed by atoms with van der Waals surface area (Å²) in [7, 11) is 0. The summed E-state index contributed by atoms with van der Waals surface area (Å²) in [6, 6.07) is 15.7. The molecule has 4 aromatic rings.